The molecule has 14 heavy (non-hydrogen) atoms. The lowest BCUT2D eigenvalue weighted by Gasteiger charge is -2.25. The van der Waals surface area contributed by atoms with Gasteiger partial charge in [-0.15, -0.1) is 0 Å². The Hall–Kier alpha value is -0.180. The first-order valence-electron chi connectivity index (χ1n) is 5.83. The molecule has 0 spiro atoms. The molecule has 2 nitrogen and oxygen atoms in total. The van der Waals surface area contributed by atoms with Gasteiger partial charge in [0, 0.05) is 11.8 Å². The van der Waals surface area contributed by atoms with Crippen LogP contribution in [0.3, 0.4) is 0 Å². The van der Waals surface area contributed by atoms with Crippen LogP contribution < -0.4 is 5.32 Å². The van der Waals surface area contributed by atoms with Crippen LogP contribution in [-0.4, -0.2) is 23.5 Å². The third-order valence-electron chi connectivity index (χ3n) is 3.23. The van der Waals surface area contributed by atoms with Crippen molar-refractivity contribution in [3.8, 4) is 0 Å². The van der Waals surface area contributed by atoms with Crippen molar-refractivity contribution in [3.05, 3.63) is 0 Å². The van der Waals surface area contributed by atoms with E-state index in [9.17, 15) is 0 Å². The number of amidine groups is 1. The highest BCUT2D eigenvalue weighted by atomic mass is 32.2. The van der Waals surface area contributed by atoms with Gasteiger partial charge < -0.3 is 5.32 Å². The summed E-state index contributed by atoms with van der Waals surface area (Å²) in [5.74, 6) is 1.01. The van der Waals surface area contributed by atoms with E-state index in [0.717, 1.165) is 24.3 Å². The molecular weight excluding hydrogens is 192 g/mol. The summed E-state index contributed by atoms with van der Waals surface area (Å²) in [7, 11) is 0. The molecule has 1 N–H and O–H groups in total. The highest BCUT2D eigenvalue weighted by Gasteiger charge is 2.19. The van der Waals surface area contributed by atoms with Crippen LogP contribution >= 0.6 is 11.8 Å². The van der Waals surface area contributed by atoms with Gasteiger partial charge in [-0.05, 0) is 18.8 Å². The topological polar surface area (TPSA) is 24.4 Å². The van der Waals surface area contributed by atoms with Gasteiger partial charge in [0.1, 0.15) is 0 Å². The molecule has 1 fully saturated rings. The van der Waals surface area contributed by atoms with E-state index >= 15 is 0 Å². The van der Waals surface area contributed by atoms with Crippen molar-refractivity contribution < 1.29 is 0 Å². The molecule has 3 heteroatoms. The molecule has 1 unspecified atom stereocenters. The number of nitrogens with one attached hydrogen (secondary N) is 1. The number of rotatable bonds is 4. The van der Waals surface area contributed by atoms with Gasteiger partial charge in [-0.25, -0.2) is 0 Å². The molecule has 1 aliphatic heterocycles. The van der Waals surface area contributed by atoms with Crippen molar-refractivity contribution in [3.63, 3.8) is 0 Å². The minimum Gasteiger partial charge on any atom is -0.365 e. The second-order valence-electron chi connectivity index (χ2n) is 4.31. The Balaban J connectivity index is 1.57. The summed E-state index contributed by atoms with van der Waals surface area (Å²) >= 11 is 1.93. The van der Waals surface area contributed by atoms with Gasteiger partial charge >= 0.3 is 0 Å². The first kappa shape index (κ1) is 10.3. The Bertz CT molecular complexity index is 211. The smallest absolute Gasteiger partial charge is 0.156 e. The zero-order chi connectivity index (χ0) is 9.80. The van der Waals surface area contributed by atoms with Gasteiger partial charge in [0.05, 0.1) is 6.54 Å². The molecule has 0 bridgehead atoms. The third kappa shape index (κ3) is 2.66. The molecule has 1 heterocycles. The van der Waals surface area contributed by atoms with Gasteiger partial charge in [0.15, 0.2) is 5.17 Å². The number of thioether (sulfide) groups is 1. The summed E-state index contributed by atoms with van der Waals surface area (Å²) in [6, 6.07) is 0. The van der Waals surface area contributed by atoms with E-state index in [4.69, 9.17) is 0 Å². The maximum atomic E-state index is 4.50. The maximum Gasteiger partial charge on any atom is 0.156 e. The Kier molecular flexibility index (Phi) is 3.74. The average molecular weight is 212 g/mol. The van der Waals surface area contributed by atoms with Gasteiger partial charge in [-0.1, -0.05) is 37.9 Å². The predicted molar refractivity (Wildman–Crippen MR) is 63.9 cm³/mol. The minimum absolute atomic E-state index is 0.737. The van der Waals surface area contributed by atoms with E-state index in [1.807, 2.05) is 11.8 Å². The van der Waals surface area contributed by atoms with Crippen LogP contribution in [0.5, 0.6) is 0 Å². The molecule has 0 aromatic heterocycles. The van der Waals surface area contributed by atoms with E-state index in [-0.39, 0.29) is 0 Å². The molecule has 0 saturated heterocycles. The van der Waals surface area contributed by atoms with E-state index in [1.54, 1.807) is 0 Å². The SMILES string of the molecule is CCC1CN=C(NCCC2CCC2)S1. The third-order valence-corrected chi connectivity index (χ3v) is 4.54. The Morgan fingerprint density at radius 2 is 2.36 bits per heavy atom. The number of aliphatic imine (C=N–C) groups is 1. The van der Waals surface area contributed by atoms with E-state index in [0.29, 0.717) is 0 Å². The van der Waals surface area contributed by atoms with Crippen molar-refractivity contribution in [1.82, 2.24) is 5.32 Å². The second-order valence-corrected chi connectivity index (χ2v) is 5.60. The van der Waals surface area contributed by atoms with E-state index < -0.39 is 0 Å². The maximum absolute atomic E-state index is 4.50. The molecule has 0 amide bonds. The number of hydrogen-bond donors (Lipinski definition) is 1. The number of nitrogens with zero attached hydrogens (tertiary/aromatic N) is 1. The van der Waals surface area contributed by atoms with Crippen LogP contribution in [-0.2, 0) is 0 Å². The fraction of sp³-hybridized carbons (Fsp3) is 0.909. The highest BCUT2D eigenvalue weighted by Crippen LogP contribution is 2.29. The first-order valence-corrected chi connectivity index (χ1v) is 6.71. The van der Waals surface area contributed by atoms with Gasteiger partial charge in [-0.2, -0.15) is 0 Å². The lowest BCUT2D eigenvalue weighted by atomic mass is 9.83. The van der Waals surface area contributed by atoms with Gasteiger partial charge in [0.2, 0.25) is 0 Å². The first-order chi connectivity index (χ1) is 6.88. The van der Waals surface area contributed by atoms with Crippen LogP contribution in [0.25, 0.3) is 0 Å². The summed E-state index contributed by atoms with van der Waals surface area (Å²) in [5, 5.41) is 5.39. The zero-order valence-electron chi connectivity index (χ0n) is 8.96. The van der Waals surface area contributed by atoms with Crippen molar-refractivity contribution in [2.45, 2.75) is 44.3 Å². The Morgan fingerprint density at radius 3 is 2.93 bits per heavy atom. The quantitative estimate of drug-likeness (QED) is 0.775. The molecule has 80 valence electrons. The van der Waals surface area contributed by atoms with Crippen LogP contribution in [0.15, 0.2) is 4.99 Å². The lowest BCUT2D eigenvalue weighted by molar-refractivity contribution is 0.297. The standard InChI is InChI=1S/C11H20N2S/c1-2-10-8-13-11(14-10)12-7-6-9-4-3-5-9/h9-10H,2-8H2,1H3,(H,12,13). The molecule has 0 radical (unpaired) electrons. The summed E-state index contributed by atoms with van der Waals surface area (Å²) in [6.45, 7) is 4.39. The normalized spacial score (nSPS) is 27.2. The summed E-state index contributed by atoms with van der Waals surface area (Å²) in [5.41, 5.74) is 0. The van der Waals surface area contributed by atoms with E-state index in [1.165, 1.54) is 37.3 Å². The fourth-order valence-electron chi connectivity index (χ4n) is 1.89. The Morgan fingerprint density at radius 1 is 1.50 bits per heavy atom. The van der Waals surface area contributed by atoms with Crippen LogP contribution in [0, 0.1) is 5.92 Å². The summed E-state index contributed by atoms with van der Waals surface area (Å²) < 4.78 is 0. The predicted octanol–water partition coefficient (Wildman–Crippen LogP) is 2.65. The molecule has 1 aliphatic carbocycles. The second kappa shape index (κ2) is 5.06. The zero-order valence-corrected chi connectivity index (χ0v) is 9.78. The van der Waals surface area contributed by atoms with Crippen LogP contribution in [0.2, 0.25) is 0 Å². The van der Waals surface area contributed by atoms with Crippen molar-refractivity contribution in [1.29, 1.82) is 0 Å². The lowest BCUT2D eigenvalue weighted by Crippen LogP contribution is -2.24. The number of hydrogen-bond acceptors (Lipinski definition) is 3. The van der Waals surface area contributed by atoms with E-state index in [2.05, 4.69) is 17.2 Å². The van der Waals surface area contributed by atoms with Gasteiger partial charge in [-0.3, -0.25) is 4.99 Å². The molecule has 2 aliphatic rings. The fourth-order valence-corrected chi connectivity index (χ4v) is 2.86. The minimum atomic E-state index is 0.737. The molecular formula is C11H20N2S. The average Bonchev–Trinajstić information content (AvgIpc) is 2.57. The van der Waals surface area contributed by atoms with Crippen molar-refractivity contribution in [2.75, 3.05) is 13.1 Å². The Labute approximate surface area is 90.9 Å². The molecule has 2 rings (SSSR count). The largest absolute Gasteiger partial charge is 0.365 e. The van der Waals surface area contributed by atoms with Crippen molar-refractivity contribution >= 4 is 16.9 Å². The molecule has 0 aromatic rings. The molecule has 0 aromatic carbocycles. The van der Waals surface area contributed by atoms with Gasteiger partial charge in [0.25, 0.3) is 0 Å². The monoisotopic (exact) mass is 212 g/mol. The summed E-state index contributed by atoms with van der Waals surface area (Å²) in [4.78, 5) is 4.50. The molecule has 1 saturated carbocycles. The molecule has 1 atom stereocenters. The van der Waals surface area contributed by atoms with Crippen molar-refractivity contribution in [2.24, 2.45) is 10.9 Å². The van der Waals surface area contributed by atoms with Crippen LogP contribution in [0.1, 0.15) is 39.0 Å². The highest BCUT2D eigenvalue weighted by molar-refractivity contribution is 8.14. The summed E-state index contributed by atoms with van der Waals surface area (Å²) in [6.07, 6.45) is 6.95. The van der Waals surface area contributed by atoms with Crippen LogP contribution in [0.4, 0.5) is 0 Å².